The fourth-order valence-corrected chi connectivity index (χ4v) is 4.93. The van der Waals surface area contributed by atoms with E-state index in [1.54, 1.807) is 0 Å². The van der Waals surface area contributed by atoms with Gasteiger partial charge in [-0.05, 0) is 49.4 Å². The third kappa shape index (κ3) is 3.51. The first-order valence-corrected chi connectivity index (χ1v) is 9.34. The van der Waals surface area contributed by atoms with Gasteiger partial charge in [0.05, 0.1) is 0 Å². The second-order valence-corrected chi connectivity index (χ2v) is 8.99. The fraction of sp³-hybridized carbons (Fsp3) is 0.950. The van der Waals surface area contributed by atoms with Crippen molar-refractivity contribution in [2.24, 2.45) is 41.4 Å². The van der Waals surface area contributed by atoms with Gasteiger partial charge in [-0.1, -0.05) is 55.4 Å². The SMILES string of the molecule is CC(C)C1C(=O)N(C(C)C)C(C(C)C)C(C(C)C)C1C(C)C. The number of piperidine rings is 1. The summed E-state index contributed by atoms with van der Waals surface area (Å²) in [6.45, 7) is 22.7. The monoisotopic (exact) mass is 309 g/mol. The molecule has 1 amide bonds. The molecule has 2 heteroatoms. The Balaban J connectivity index is 3.46. The molecule has 22 heavy (non-hydrogen) atoms. The van der Waals surface area contributed by atoms with Crippen LogP contribution in [0.15, 0.2) is 0 Å². The quantitative estimate of drug-likeness (QED) is 0.693. The average Bonchev–Trinajstić information content (AvgIpc) is 2.34. The van der Waals surface area contributed by atoms with E-state index in [9.17, 15) is 4.79 Å². The van der Waals surface area contributed by atoms with Gasteiger partial charge >= 0.3 is 0 Å². The Labute approximate surface area is 139 Å². The van der Waals surface area contributed by atoms with E-state index in [-0.39, 0.29) is 12.0 Å². The van der Waals surface area contributed by atoms with Gasteiger partial charge in [-0.25, -0.2) is 0 Å². The van der Waals surface area contributed by atoms with Gasteiger partial charge in [0.2, 0.25) is 5.91 Å². The van der Waals surface area contributed by atoms with Crippen molar-refractivity contribution in [3.63, 3.8) is 0 Å². The predicted molar refractivity (Wildman–Crippen MR) is 95.6 cm³/mol. The number of nitrogens with zero attached hydrogens (tertiary/aromatic N) is 1. The second kappa shape index (κ2) is 7.36. The molecule has 0 aromatic heterocycles. The first-order valence-electron chi connectivity index (χ1n) is 9.34. The summed E-state index contributed by atoms with van der Waals surface area (Å²) in [5.41, 5.74) is 0. The van der Waals surface area contributed by atoms with Gasteiger partial charge in [-0.15, -0.1) is 0 Å². The molecular formula is C20H39NO. The summed E-state index contributed by atoms with van der Waals surface area (Å²) in [6, 6.07) is 0.658. The van der Waals surface area contributed by atoms with E-state index in [0.29, 0.717) is 47.5 Å². The molecule has 1 saturated heterocycles. The topological polar surface area (TPSA) is 20.3 Å². The number of rotatable bonds is 5. The van der Waals surface area contributed by atoms with Gasteiger partial charge in [-0.3, -0.25) is 4.79 Å². The number of carbonyl (C=O) groups excluding carboxylic acids is 1. The molecule has 0 spiro atoms. The van der Waals surface area contributed by atoms with Crippen LogP contribution < -0.4 is 0 Å². The molecule has 1 aliphatic heterocycles. The Morgan fingerprint density at radius 3 is 1.41 bits per heavy atom. The molecule has 1 fully saturated rings. The second-order valence-electron chi connectivity index (χ2n) is 8.99. The molecular weight excluding hydrogens is 270 g/mol. The maximum absolute atomic E-state index is 13.3. The molecule has 1 aliphatic rings. The van der Waals surface area contributed by atoms with E-state index in [0.717, 1.165) is 0 Å². The molecule has 1 heterocycles. The lowest BCUT2D eigenvalue weighted by atomic mass is 9.59. The minimum atomic E-state index is 0.171. The lowest BCUT2D eigenvalue weighted by Gasteiger charge is -2.56. The van der Waals surface area contributed by atoms with Crippen LogP contribution in [0.3, 0.4) is 0 Å². The molecule has 0 aliphatic carbocycles. The van der Waals surface area contributed by atoms with Crippen LogP contribution in [0.2, 0.25) is 0 Å². The van der Waals surface area contributed by atoms with Crippen LogP contribution in [0.5, 0.6) is 0 Å². The standard InChI is InChI=1S/C20H39NO/c1-11(2)16-17(12(3)4)19(14(7)8)21(15(9)10)20(22)18(16)13(5)6/h11-19H,1-10H3. The van der Waals surface area contributed by atoms with Gasteiger partial charge < -0.3 is 4.90 Å². The van der Waals surface area contributed by atoms with Gasteiger partial charge in [0.25, 0.3) is 0 Å². The zero-order valence-electron chi connectivity index (χ0n) is 16.6. The molecule has 130 valence electrons. The lowest BCUT2D eigenvalue weighted by molar-refractivity contribution is -0.163. The van der Waals surface area contributed by atoms with Crippen molar-refractivity contribution < 1.29 is 4.79 Å². The highest BCUT2D eigenvalue weighted by molar-refractivity contribution is 5.81. The Morgan fingerprint density at radius 1 is 0.682 bits per heavy atom. The minimum Gasteiger partial charge on any atom is -0.336 e. The number of hydrogen-bond donors (Lipinski definition) is 0. The molecule has 4 atom stereocenters. The van der Waals surface area contributed by atoms with Crippen molar-refractivity contribution in [1.29, 1.82) is 0 Å². The van der Waals surface area contributed by atoms with Crippen molar-refractivity contribution in [2.45, 2.75) is 81.3 Å². The van der Waals surface area contributed by atoms with E-state index in [1.807, 2.05) is 0 Å². The van der Waals surface area contributed by atoms with Crippen LogP contribution in [0.4, 0.5) is 0 Å². The molecule has 2 nitrogen and oxygen atoms in total. The van der Waals surface area contributed by atoms with Gasteiger partial charge in [0.15, 0.2) is 0 Å². The van der Waals surface area contributed by atoms with Crippen LogP contribution in [0, 0.1) is 41.4 Å². The van der Waals surface area contributed by atoms with Gasteiger partial charge in [-0.2, -0.15) is 0 Å². The number of likely N-dealkylation sites (tertiary alicyclic amines) is 1. The van der Waals surface area contributed by atoms with E-state index >= 15 is 0 Å². The molecule has 1 rings (SSSR count). The Bertz CT molecular complexity index is 340. The van der Waals surface area contributed by atoms with Crippen LogP contribution in [0.1, 0.15) is 69.2 Å². The highest BCUT2D eigenvalue weighted by atomic mass is 16.2. The van der Waals surface area contributed by atoms with E-state index in [1.165, 1.54) is 0 Å². The highest BCUT2D eigenvalue weighted by Gasteiger charge is 2.52. The summed E-state index contributed by atoms with van der Waals surface area (Å²) in [6.07, 6.45) is 0. The fourth-order valence-electron chi connectivity index (χ4n) is 4.93. The highest BCUT2D eigenvalue weighted by Crippen LogP contribution is 2.47. The Kier molecular flexibility index (Phi) is 6.53. The van der Waals surface area contributed by atoms with Crippen molar-refractivity contribution in [3.8, 4) is 0 Å². The number of hydrogen-bond acceptors (Lipinski definition) is 1. The van der Waals surface area contributed by atoms with Crippen LogP contribution >= 0.6 is 0 Å². The maximum Gasteiger partial charge on any atom is 0.226 e. The van der Waals surface area contributed by atoms with Gasteiger partial charge in [0.1, 0.15) is 0 Å². The molecule has 0 aromatic carbocycles. The summed E-state index contributed by atoms with van der Waals surface area (Å²) in [7, 11) is 0. The third-order valence-electron chi connectivity index (χ3n) is 5.61. The minimum absolute atomic E-state index is 0.171. The van der Waals surface area contributed by atoms with E-state index < -0.39 is 0 Å². The molecule has 0 saturated carbocycles. The Morgan fingerprint density at radius 2 is 1.14 bits per heavy atom. The van der Waals surface area contributed by atoms with Gasteiger partial charge in [0, 0.05) is 18.0 Å². The third-order valence-corrected chi connectivity index (χ3v) is 5.61. The predicted octanol–water partition coefficient (Wildman–Crippen LogP) is 5.08. The van der Waals surface area contributed by atoms with Crippen molar-refractivity contribution >= 4 is 5.91 Å². The summed E-state index contributed by atoms with van der Waals surface area (Å²) in [5.74, 6) is 3.74. The van der Waals surface area contributed by atoms with Crippen LogP contribution in [-0.4, -0.2) is 22.9 Å². The average molecular weight is 310 g/mol. The number of carbonyl (C=O) groups is 1. The van der Waals surface area contributed by atoms with Crippen molar-refractivity contribution in [3.05, 3.63) is 0 Å². The van der Waals surface area contributed by atoms with Crippen molar-refractivity contribution in [2.75, 3.05) is 0 Å². The first-order chi connectivity index (χ1) is 10.0. The summed E-state index contributed by atoms with van der Waals surface area (Å²) in [5, 5.41) is 0. The van der Waals surface area contributed by atoms with E-state index in [2.05, 4.69) is 74.1 Å². The molecule has 0 N–H and O–H groups in total. The zero-order valence-corrected chi connectivity index (χ0v) is 16.6. The normalized spacial score (nSPS) is 30.5. The molecule has 0 aromatic rings. The molecule has 4 unspecified atom stereocenters. The largest absolute Gasteiger partial charge is 0.336 e. The maximum atomic E-state index is 13.3. The molecule has 0 bridgehead atoms. The summed E-state index contributed by atoms with van der Waals surface area (Å²) in [4.78, 5) is 15.6. The Hall–Kier alpha value is -0.530. The zero-order chi connectivity index (χ0) is 17.4. The van der Waals surface area contributed by atoms with E-state index in [4.69, 9.17) is 0 Å². The van der Waals surface area contributed by atoms with Crippen LogP contribution in [0.25, 0.3) is 0 Å². The van der Waals surface area contributed by atoms with Crippen molar-refractivity contribution in [1.82, 2.24) is 4.90 Å². The summed E-state index contributed by atoms with van der Waals surface area (Å²) < 4.78 is 0. The lowest BCUT2D eigenvalue weighted by Crippen LogP contribution is -2.63. The summed E-state index contributed by atoms with van der Waals surface area (Å²) >= 11 is 0. The molecule has 0 radical (unpaired) electrons. The smallest absolute Gasteiger partial charge is 0.226 e. The number of amides is 1. The van der Waals surface area contributed by atoms with Crippen LogP contribution in [-0.2, 0) is 4.79 Å². The first kappa shape index (κ1) is 19.5.